The fourth-order valence-corrected chi connectivity index (χ4v) is 2.84. The summed E-state index contributed by atoms with van der Waals surface area (Å²) in [5.41, 5.74) is 0.468. The van der Waals surface area contributed by atoms with Gasteiger partial charge in [-0.3, -0.25) is 9.59 Å². The summed E-state index contributed by atoms with van der Waals surface area (Å²) in [5.74, 6) is -0.839. The lowest BCUT2D eigenvalue weighted by molar-refractivity contribution is -0.140. The highest BCUT2D eigenvalue weighted by atomic mass is 16.4. The molecule has 0 spiro atoms. The van der Waals surface area contributed by atoms with Crippen LogP contribution in [0.15, 0.2) is 11.6 Å². The number of hydrogen-bond donors (Lipinski definition) is 2. The molecule has 0 aromatic rings. The maximum Gasteiger partial charge on any atom is 0.303 e. The number of aliphatic carboxylic acids is 1. The van der Waals surface area contributed by atoms with Crippen LogP contribution in [0.5, 0.6) is 0 Å². The maximum absolute atomic E-state index is 11.9. The standard InChI is InChI=1S/C15H25NO3/c1-3-7-12(2)14(19)16-11-15(10-13(17)18)8-5-4-6-9-15/h7H,3-6,8-11H2,1-2H3,(H,16,19)(H,17,18). The number of amides is 1. The van der Waals surface area contributed by atoms with Crippen LogP contribution in [0.2, 0.25) is 0 Å². The molecule has 1 fully saturated rings. The van der Waals surface area contributed by atoms with Gasteiger partial charge in [-0.2, -0.15) is 0 Å². The molecule has 19 heavy (non-hydrogen) atoms. The molecule has 0 aromatic heterocycles. The molecule has 1 saturated carbocycles. The van der Waals surface area contributed by atoms with E-state index in [4.69, 9.17) is 5.11 Å². The Kier molecular flexibility index (Phi) is 6.06. The second-order valence-electron chi connectivity index (χ2n) is 5.61. The summed E-state index contributed by atoms with van der Waals surface area (Å²) >= 11 is 0. The molecule has 0 bridgehead atoms. The minimum atomic E-state index is -0.767. The zero-order valence-corrected chi connectivity index (χ0v) is 12.0. The average Bonchev–Trinajstić information content (AvgIpc) is 2.36. The Hall–Kier alpha value is -1.32. The van der Waals surface area contributed by atoms with Gasteiger partial charge in [0.25, 0.3) is 0 Å². The Morgan fingerprint density at radius 1 is 1.26 bits per heavy atom. The quantitative estimate of drug-likeness (QED) is 0.727. The Bertz CT molecular complexity index is 354. The van der Waals surface area contributed by atoms with E-state index in [1.807, 2.05) is 13.0 Å². The van der Waals surface area contributed by atoms with Crippen LogP contribution in [-0.4, -0.2) is 23.5 Å². The SMILES string of the molecule is CCC=C(C)C(=O)NCC1(CC(=O)O)CCCCC1. The summed E-state index contributed by atoms with van der Waals surface area (Å²) in [5, 5.41) is 12.0. The number of carboxylic acid groups (broad SMARTS) is 1. The summed E-state index contributed by atoms with van der Waals surface area (Å²) in [6.45, 7) is 4.26. The number of carboxylic acids is 1. The minimum Gasteiger partial charge on any atom is -0.481 e. The highest BCUT2D eigenvalue weighted by Crippen LogP contribution is 2.38. The van der Waals surface area contributed by atoms with E-state index < -0.39 is 5.97 Å². The molecule has 0 aromatic carbocycles. The largest absolute Gasteiger partial charge is 0.481 e. The number of hydrogen-bond acceptors (Lipinski definition) is 2. The third kappa shape index (κ3) is 5.05. The van der Waals surface area contributed by atoms with E-state index >= 15 is 0 Å². The number of carbonyl (C=O) groups is 2. The molecule has 1 aliphatic rings. The van der Waals surface area contributed by atoms with Crippen LogP contribution in [0.25, 0.3) is 0 Å². The molecule has 1 amide bonds. The molecule has 1 aliphatic carbocycles. The number of allylic oxidation sites excluding steroid dienone is 1. The van der Waals surface area contributed by atoms with E-state index in [-0.39, 0.29) is 17.7 Å². The zero-order valence-electron chi connectivity index (χ0n) is 12.0. The summed E-state index contributed by atoms with van der Waals surface area (Å²) in [6.07, 6.45) is 7.97. The molecule has 0 aliphatic heterocycles. The highest BCUT2D eigenvalue weighted by molar-refractivity contribution is 5.92. The molecule has 0 heterocycles. The van der Waals surface area contributed by atoms with Gasteiger partial charge < -0.3 is 10.4 Å². The van der Waals surface area contributed by atoms with E-state index in [0.717, 1.165) is 32.1 Å². The van der Waals surface area contributed by atoms with Gasteiger partial charge in [0.2, 0.25) is 5.91 Å². The summed E-state index contributed by atoms with van der Waals surface area (Å²) in [4.78, 5) is 22.9. The van der Waals surface area contributed by atoms with E-state index in [2.05, 4.69) is 5.32 Å². The molecule has 108 valence electrons. The van der Waals surface area contributed by atoms with Crippen LogP contribution in [0.3, 0.4) is 0 Å². The Balaban J connectivity index is 2.60. The van der Waals surface area contributed by atoms with E-state index in [9.17, 15) is 9.59 Å². The Labute approximate surface area is 115 Å². The van der Waals surface area contributed by atoms with Crippen molar-refractivity contribution in [2.24, 2.45) is 5.41 Å². The lowest BCUT2D eigenvalue weighted by atomic mass is 9.71. The lowest BCUT2D eigenvalue weighted by Crippen LogP contribution is -2.40. The first-order chi connectivity index (χ1) is 8.99. The van der Waals surface area contributed by atoms with Gasteiger partial charge in [0.05, 0.1) is 6.42 Å². The van der Waals surface area contributed by atoms with Gasteiger partial charge in [0.1, 0.15) is 0 Å². The van der Waals surface area contributed by atoms with Crippen molar-refractivity contribution in [2.45, 2.75) is 58.8 Å². The molecule has 4 heteroatoms. The predicted octanol–water partition coefficient (Wildman–Crippen LogP) is 2.88. The predicted molar refractivity (Wildman–Crippen MR) is 74.8 cm³/mol. The molecular weight excluding hydrogens is 242 g/mol. The van der Waals surface area contributed by atoms with Crippen molar-refractivity contribution in [3.8, 4) is 0 Å². The van der Waals surface area contributed by atoms with Crippen LogP contribution < -0.4 is 5.32 Å². The molecule has 2 N–H and O–H groups in total. The molecular formula is C15H25NO3. The molecule has 1 rings (SSSR count). The maximum atomic E-state index is 11.9. The first kappa shape index (κ1) is 15.7. The molecule has 4 nitrogen and oxygen atoms in total. The van der Waals surface area contributed by atoms with Gasteiger partial charge in [0, 0.05) is 12.1 Å². The van der Waals surface area contributed by atoms with Gasteiger partial charge >= 0.3 is 5.97 Å². The second-order valence-corrected chi connectivity index (χ2v) is 5.61. The van der Waals surface area contributed by atoms with Gasteiger partial charge in [-0.25, -0.2) is 0 Å². The third-order valence-electron chi connectivity index (χ3n) is 3.93. The summed E-state index contributed by atoms with van der Waals surface area (Å²) in [6, 6.07) is 0. The molecule has 0 atom stereocenters. The average molecular weight is 267 g/mol. The van der Waals surface area contributed by atoms with Crippen molar-refractivity contribution in [2.75, 3.05) is 6.54 Å². The molecule has 0 saturated heterocycles. The number of rotatable bonds is 6. The van der Waals surface area contributed by atoms with E-state index in [1.54, 1.807) is 6.92 Å². The van der Waals surface area contributed by atoms with Crippen LogP contribution in [0.4, 0.5) is 0 Å². The highest BCUT2D eigenvalue weighted by Gasteiger charge is 2.34. The monoisotopic (exact) mass is 267 g/mol. The van der Waals surface area contributed by atoms with Crippen molar-refractivity contribution in [1.29, 1.82) is 0 Å². The van der Waals surface area contributed by atoms with Crippen molar-refractivity contribution >= 4 is 11.9 Å². The number of carbonyl (C=O) groups excluding carboxylic acids is 1. The van der Waals surface area contributed by atoms with Crippen LogP contribution in [0, 0.1) is 5.41 Å². The lowest BCUT2D eigenvalue weighted by Gasteiger charge is -2.36. The zero-order chi connectivity index (χ0) is 14.3. The Morgan fingerprint density at radius 2 is 1.89 bits per heavy atom. The topological polar surface area (TPSA) is 66.4 Å². The molecule has 0 unspecified atom stereocenters. The first-order valence-corrected chi connectivity index (χ1v) is 7.16. The van der Waals surface area contributed by atoms with Crippen LogP contribution in [-0.2, 0) is 9.59 Å². The molecule has 0 radical (unpaired) electrons. The fraction of sp³-hybridized carbons (Fsp3) is 0.733. The van der Waals surface area contributed by atoms with Gasteiger partial charge in [0.15, 0.2) is 0 Å². The van der Waals surface area contributed by atoms with E-state index in [0.29, 0.717) is 12.1 Å². The third-order valence-corrected chi connectivity index (χ3v) is 3.93. The van der Waals surface area contributed by atoms with Crippen LogP contribution >= 0.6 is 0 Å². The van der Waals surface area contributed by atoms with E-state index in [1.165, 1.54) is 6.42 Å². The summed E-state index contributed by atoms with van der Waals surface area (Å²) < 4.78 is 0. The second kappa shape index (κ2) is 7.31. The van der Waals surface area contributed by atoms with Crippen molar-refractivity contribution in [3.05, 3.63) is 11.6 Å². The van der Waals surface area contributed by atoms with Gasteiger partial charge in [-0.1, -0.05) is 32.3 Å². The fourth-order valence-electron chi connectivity index (χ4n) is 2.84. The normalized spacial score (nSPS) is 18.9. The smallest absolute Gasteiger partial charge is 0.303 e. The number of nitrogens with one attached hydrogen (secondary N) is 1. The van der Waals surface area contributed by atoms with Gasteiger partial charge in [-0.05, 0) is 31.6 Å². The van der Waals surface area contributed by atoms with Gasteiger partial charge in [-0.15, -0.1) is 0 Å². The first-order valence-electron chi connectivity index (χ1n) is 7.16. The minimum absolute atomic E-state index is 0.0720. The summed E-state index contributed by atoms with van der Waals surface area (Å²) in [7, 11) is 0. The van der Waals surface area contributed by atoms with Crippen molar-refractivity contribution in [1.82, 2.24) is 5.32 Å². The van der Waals surface area contributed by atoms with Crippen molar-refractivity contribution < 1.29 is 14.7 Å². The van der Waals surface area contributed by atoms with Crippen LogP contribution in [0.1, 0.15) is 58.8 Å². The van der Waals surface area contributed by atoms with Crippen molar-refractivity contribution in [3.63, 3.8) is 0 Å². The Morgan fingerprint density at radius 3 is 2.42 bits per heavy atom.